The fraction of sp³-hybridized carbons (Fsp3) is 0.286. The van der Waals surface area contributed by atoms with Crippen molar-refractivity contribution in [2.75, 3.05) is 11.9 Å². The third-order valence-electron chi connectivity index (χ3n) is 3.21. The van der Waals surface area contributed by atoms with E-state index in [1.807, 2.05) is 32.0 Å². The van der Waals surface area contributed by atoms with E-state index >= 15 is 0 Å². The number of hydrogen-bond donors (Lipinski definition) is 1. The fourth-order valence-electron chi connectivity index (χ4n) is 2.18. The van der Waals surface area contributed by atoms with E-state index in [9.17, 15) is 0 Å². The van der Waals surface area contributed by atoms with E-state index in [1.165, 1.54) is 0 Å². The first-order chi connectivity index (χ1) is 9.15. The van der Waals surface area contributed by atoms with Crippen molar-refractivity contribution >= 4 is 17.4 Å². The molecule has 4 nitrogen and oxygen atoms in total. The number of aryl methyl sites for hydroxylation is 1. The van der Waals surface area contributed by atoms with E-state index in [1.54, 1.807) is 0 Å². The van der Waals surface area contributed by atoms with Crippen LogP contribution in [0.2, 0.25) is 5.15 Å². The van der Waals surface area contributed by atoms with Gasteiger partial charge in [-0.25, -0.2) is 9.97 Å². The van der Waals surface area contributed by atoms with Gasteiger partial charge in [-0.05, 0) is 19.9 Å². The highest BCUT2D eigenvalue weighted by Crippen LogP contribution is 2.34. The first-order valence-corrected chi connectivity index (χ1v) is 6.52. The van der Waals surface area contributed by atoms with E-state index in [2.05, 4.69) is 21.4 Å². The molecule has 1 aliphatic rings. The lowest BCUT2D eigenvalue weighted by molar-refractivity contribution is 0.339. The van der Waals surface area contributed by atoms with Crippen LogP contribution in [0.4, 0.5) is 5.82 Å². The summed E-state index contributed by atoms with van der Waals surface area (Å²) in [6.45, 7) is 4.33. The van der Waals surface area contributed by atoms with Crippen molar-refractivity contribution < 1.29 is 4.74 Å². The normalized spacial score (nSPS) is 16.9. The second-order valence-electron chi connectivity index (χ2n) is 4.58. The molecule has 98 valence electrons. The molecule has 2 heterocycles. The lowest BCUT2D eigenvalue weighted by atomic mass is 10.1. The van der Waals surface area contributed by atoms with Crippen LogP contribution in [0.3, 0.4) is 0 Å². The summed E-state index contributed by atoms with van der Waals surface area (Å²) in [6, 6.07) is 8.11. The summed E-state index contributed by atoms with van der Waals surface area (Å²) in [5.74, 6) is 2.35. The van der Waals surface area contributed by atoms with Crippen LogP contribution in [0.5, 0.6) is 5.75 Å². The molecule has 0 saturated carbocycles. The minimum Gasteiger partial charge on any atom is -0.491 e. The van der Waals surface area contributed by atoms with Crippen molar-refractivity contribution in [2.45, 2.75) is 19.9 Å². The molecular weight excluding hydrogens is 262 g/mol. The number of nitrogens with zero attached hydrogens (tertiary/aromatic N) is 2. The number of ether oxygens (including phenoxy) is 1. The standard InChI is InChI=1S/C14H14ClN3O/c1-8-13(15)16-9(2)17-14(8)18-11-7-19-12-6-4-3-5-10(11)12/h3-6,11H,7H2,1-2H3,(H,16,17,18). The van der Waals surface area contributed by atoms with Gasteiger partial charge in [-0.2, -0.15) is 0 Å². The number of para-hydroxylation sites is 1. The quantitative estimate of drug-likeness (QED) is 0.855. The van der Waals surface area contributed by atoms with Crippen LogP contribution in [0, 0.1) is 13.8 Å². The van der Waals surface area contributed by atoms with Gasteiger partial charge >= 0.3 is 0 Å². The summed E-state index contributed by atoms with van der Waals surface area (Å²) in [7, 11) is 0. The van der Waals surface area contributed by atoms with Gasteiger partial charge in [-0.15, -0.1) is 0 Å². The Balaban J connectivity index is 1.92. The maximum atomic E-state index is 6.08. The average molecular weight is 276 g/mol. The van der Waals surface area contributed by atoms with Gasteiger partial charge in [0.15, 0.2) is 0 Å². The summed E-state index contributed by atoms with van der Waals surface area (Å²) < 4.78 is 5.64. The molecule has 0 saturated heterocycles. The number of nitrogens with one attached hydrogen (secondary N) is 1. The SMILES string of the molecule is Cc1nc(Cl)c(C)c(NC2COc3ccccc32)n1. The molecule has 0 aliphatic carbocycles. The Morgan fingerprint density at radius 2 is 2.05 bits per heavy atom. The zero-order chi connectivity index (χ0) is 13.4. The summed E-state index contributed by atoms with van der Waals surface area (Å²) in [6.07, 6.45) is 0. The van der Waals surface area contributed by atoms with E-state index < -0.39 is 0 Å². The Hall–Kier alpha value is -1.81. The monoisotopic (exact) mass is 275 g/mol. The van der Waals surface area contributed by atoms with Crippen LogP contribution in [0.25, 0.3) is 0 Å². The van der Waals surface area contributed by atoms with Gasteiger partial charge in [-0.1, -0.05) is 29.8 Å². The van der Waals surface area contributed by atoms with Crippen LogP contribution in [0.15, 0.2) is 24.3 Å². The molecule has 1 atom stereocenters. The zero-order valence-corrected chi connectivity index (χ0v) is 11.5. The smallest absolute Gasteiger partial charge is 0.137 e. The largest absolute Gasteiger partial charge is 0.491 e. The maximum Gasteiger partial charge on any atom is 0.137 e. The number of anilines is 1. The van der Waals surface area contributed by atoms with Crippen molar-refractivity contribution in [1.82, 2.24) is 9.97 Å². The minimum atomic E-state index is 0.0975. The number of rotatable bonds is 2. The Kier molecular flexibility index (Phi) is 3.03. The van der Waals surface area contributed by atoms with Crippen molar-refractivity contribution in [1.29, 1.82) is 0 Å². The zero-order valence-electron chi connectivity index (χ0n) is 10.8. The van der Waals surface area contributed by atoms with Crippen molar-refractivity contribution in [3.63, 3.8) is 0 Å². The molecule has 0 fully saturated rings. The predicted molar refractivity (Wildman–Crippen MR) is 74.8 cm³/mol. The second-order valence-corrected chi connectivity index (χ2v) is 4.94. The van der Waals surface area contributed by atoms with Crippen LogP contribution in [-0.4, -0.2) is 16.6 Å². The number of benzene rings is 1. The topological polar surface area (TPSA) is 47.0 Å². The maximum absolute atomic E-state index is 6.08. The van der Waals surface area contributed by atoms with E-state index in [0.29, 0.717) is 17.6 Å². The van der Waals surface area contributed by atoms with Gasteiger partial charge in [0.2, 0.25) is 0 Å². The van der Waals surface area contributed by atoms with Gasteiger partial charge in [-0.3, -0.25) is 0 Å². The Bertz CT molecular complexity index is 630. The third-order valence-corrected chi connectivity index (χ3v) is 3.58. The van der Waals surface area contributed by atoms with E-state index in [-0.39, 0.29) is 6.04 Å². The highest BCUT2D eigenvalue weighted by Gasteiger charge is 2.24. The molecule has 0 spiro atoms. The van der Waals surface area contributed by atoms with Crippen LogP contribution < -0.4 is 10.1 Å². The van der Waals surface area contributed by atoms with Gasteiger partial charge in [0.05, 0.1) is 6.04 Å². The first-order valence-electron chi connectivity index (χ1n) is 6.14. The Labute approximate surface area is 116 Å². The summed E-state index contributed by atoms with van der Waals surface area (Å²) >= 11 is 6.08. The van der Waals surface area contributed by atoms with Gasteiger partial charge < -0.3 is 10.1 Å². The molecular formula is C14H14ClN3O. The molecule has 19 heavy (non-hydrogen) atoms. The van der Waals surface area contributed by atoms with Crippen molar-refractivity contribution in [3.8, 4) is 5.75 Å². The van der Waals surface area contributed by atoms with Crippen molar-refractivity contribution in [3.05, 3.63) is 46.4 Å². The molecule has 3 rings (SSSR count). The molecule has 1 aliphatic heterocycles. The Morgan fingerprint density at radius 1 is 1.26 bits per heavy atom. The van der Waals surface area contributed by atoms with Gasteiger partial charge in [0.1, 0.15) is 29.2 Å². The van der Waals surface area contributed by atoms with E-state index in [4.69, 9.17) is 16.3 Å². The molecule has 1 N–H and O–H groups in total. The highest BCUT2D eigenvalue weighted by molar-refractivity contribution is 6.30. The average Bonchev–Trinajstić information content (AvgIpc) is 2.79. The molecule has 5 heteroatoms. The van der Waals surface area contributed by atoms with Crippen LogP contribution >= 0.6 is 11.6 Å². The lowest BCUT2D eigenvalue weighted by Gasteiger charge is -2.15. The molecule has 0 bridgehead atoms. The lowest BCUT2D eigenvalue weighted by Crippen LogP contribution is -2.14. The molecule has 1 aromatic heterocycles. The predicted octanol–water partition coefficient (Wildman–Crippen LogP) is 3.29. The number of hydrogen-bond acceptors (Lipinski definition) is 4. The summed E-state index contributed by atoms with van der Waals surface area (Å²) in [5, 5.41) is 3.87. The van der Waals surface area contributed by atoms with Crippen LogP contribution in [0.1, 0.15) is 23.0 Å². The number of halogens is 1. The second kappa shape index (κ2) is 4.70. The number of fused-ring (bicyclic) bond motifs is 1. The molecule has 1 unspecified atom stereocenters. The third kappa shape index (κ3) is 2.24. The Morgan fingerprint density at radius 3 is 2.89 bits per heavy atom. The van der Waals surface area contributed by atoms with Gasteiger partial charge in [0.25, 0.3) is 0 Å². The highest BCUT2D eigenvalue weighted by atomic mass is 35.5. The summed E-state index contributed by atoms with van der Waals surface area (Å²) in [5.41, 5.74) is 2.01. The molecule has 2 aromatic rings. The van der Waals surface area contributed by atoms with Crippen LogP contribution in [-0.2, 0) is 0 Å². The molecule has 0 radical (unpaired) electrons. The minimum absolute atomic E-state index is 0.0975. The number of aromatic nitrogens is 2. The first kappa shape index (κ1) is 12.2. The van der Waals surface area contributed by atoms with Crippen molar-refractivity contribution in [2.24, 2.45) is 0 Å². The molecule has 1 aromatic carbocycles. The molecule has 0 amide bonds. The fourth-order valence-corrected chi connectivity index (χ4v) is 2.39. The summed E-state index contributed by atoms with van der Waals surface area (Å²) in [4.78, 5) is 8.54. The van der Waals surface area contributed by atoms with Gasteiger partial charge in [0, 0.05) is 11.1 Å². The van der Waals surface area contributed by atoms with E-state index in [0.717, 1.165) is 22.7 Å².